The number of amidine groups is 1. The summed E-state index contributed by atoms with van der Waals surface area (Å²) in [4.78, 5) is 42.8. The Morgan fingerprint density at radius 3 is 2.52 bits per heavy atom. The molecule has 1 atom stereocenters. The molecule has 2 amide bonds. The Bertz CT molecular complexity index is 1010. The molecular weight excluding hydrogens is 421 g/mol. The van der Waals surface area contributed by atoms with Crippen LogP contribution in [0.15, 0.2) is 53.5 Å². The van der Waals surface area contributed by atoms with E-state index >= 15 is 0 Å². The van der Waals surface area contributed by atoms with Gasteiger partial charge in [0.05, 0.1) is 23.5 Å². The fourth-order valence-electron chi connectivity index (χ4n) is 2.95. The molecule has 3 rings (SSSR count). The summed E-state index contributed by atoms with van der Waals surface area (Å²) in [7, 11) is 0. The normalized spacial score (nSPS) is 17.1. The topological polar surface area (TPSA) is 88.1 Å². The number of anilines is 1. The maximum absolute atomic E-state index is 13.7. The van der Waals surface area contributed by atoms with Gasteiger partial charge in [-0.25, -0.2) is 14.2 Å². The van der Waals surface area contributed by atoms with Crippen molar-refractivity contribution in [3.63, 3.8) is 0 Å². The number of benzene rings is 2. The van der Waals surface area contributed by atoms with Crippen molar-refractivity contribution in [2.45, 2.75) is 25.5 Å². The molecule has 1 aliphatic rings. The van der Waals surface area contributed by atoms with Crippen LogP contribution in [0.2, 0.25) is 0 Å². The molecule has 31 heavy (non-hydrogen) atoms. The minimum absolute atomic E-state index is 0.0749. The smallest absolute Gasteiger partial charge is 0.338 e. The molecule has 0 spiro atoms. The van der Waals surface area contributed by atoms with Crippen molar-refractivity contribution in [1.82, 2.24) is 4.90 Å². The number of aliphatic imine (C=N–C) groups is 1. The van der Waals surface area contributed by atoms with Gasteiger partial charge in [-0.2, -0.15) is 0 Å². The number of carbonyl (C=O) groups excluding carboxylic acids is 3. The zero-order valence-corrected chi connectivity index (χ0v) is 17.9. The lowest BCUT2D eigenvalue weighted by molar-refractivity contribution is -0.128. The van der Waals surface area contributed by atoms with Crippen molar-refractivity contribution in [1.29, 1.82) is 0 Å². The third-order valence-electron chi connectivity index (χ3n) is 4.46. The van der Waals surface area contributed by atoms with Gasteiger partial charge in [0.25, 0.3) is 0 Å². The maximum atomic E-state index is 13.7. The van der Waals surface area contributed by atoms with Gasteiger partial charge in [0.15, 0.2) is 5.17 Å². The minimum atomic E-state index is -0.649. The average Bonchev–Trinajstić information content (AvgIpc) is 3.04. The molecule has 7 nitrogen and oxygen atoms in total. The van der Waals surface area contributed by atoms with Gasteiger partial charge in [0.2, 0.25) is 11.8 Å². The molecule has 1 fully saturated rings. The molecule has 1 heterocycles. The molecule has 1 N–H and O–H groups in total. The summed E-state index contributed by atoms with van der Waals surface area (Å²) >= 11 is 1.19. The number of thioether (sulfide) groups is 1. The molecule has 0 radical (unpaired) electrons. The van der Waals surface area contributed by atoms with Crippen LogP contribution in [0.5, 0.6) is 0 Å². The van der Waals surface area contributed by atoms with Crippen LogP contribution in [0.4, 0.5) is 15.8 Å². The Labute approximate surface area is 183 Å². The number of nitrogens with one attached hydrogen (secondary N) is 1. The molecule has 2 aromatic rings. The summed E-state index contributed by atoms with van der Waals surface area (Å²) in [5.41, 5.74) is 1.06. The van der Waals surface area contributed by atoms with E-state index < -0.39 is 22.9 Å². The summed E-state index contributed by atoms with van der Waals surface area (Å²) < 4.78 is 18.7. The standard InChI is InChI=1S/C22H22FN3O4S/c1-3-26-20(28)18(13-19(27)25-17-8-6-5-7-16(17)23)31-22(26)24-15-11-9-14(10-12-15)21(29)30-4-2/h5-12,18H,3-4,13H2,1-2H3,(H,25,27). The zero-order valence-electron chi connectivity index (χ0n) is 17.1. The quantitative estimate of drug-likeness (QED) is 0.654. The lowest BCUT2D eigenvalue weighted by Gasteiger charge is -2.13. The van der Waals surface area contributed by atoms with Gasteiger partial charge >= 0.3 is 5.97 Å². The number of nitrogens with zero attached hydrogens (tertiary/aromatic N) is 2. The van der Waals surface area contributed by atoms with Crippen LogP contribution < -0.4 is 5.32 Å². The van der Waals surface area contributed by atoms with Crippen molar-refractivity contribution in [2.24, 2.45) is 4.99 Å². The van der Waals surface area contributed by atoms with Crippen LogP contribution in [0.1, 0.15) is 30.6 Å². The number of rotatable bonds is 7. The number of hydrogen-bond donors (Lipinski definition) is 1. The van der Waals surface area contributed by atoms with Crippen molar-refractivity contribution in [3.8, 4) is 0 Å². The predicted octanol–water partition coefficient (Wildman–Crippen LogP) is 3.98. The van der Waals surface area contributed by atoms with E-state index in [1.165, 1.54) is 34.9 Å². The average molecular weight is 444 g/mol. The Balaban J connectivity index is 1.70. The highest BCUT2D eigenvalue weighted by atomic mass is 32.2. The molecule has 1 saturated heterocycles. The number of halogens is 1. The van der Waals surface area contributed by atoms with Gasteiger partial charge in [0.1, 0.15) is 11.1 Å². The van der Waals surface area contributed by atoms with Gasteiger partial charge in [-0.05, 0) is 50.2 Å². The Morgan fingerprint density at radius 2 is 1.87 bits per heavy atom. The first-order valence-corrected chi connectivity index (χ1v) is 10.7. The molecule has 2 aromatic carbocycles. The number of para-hydroxylation sites is 1. The van der Waals surface area contributed by atoms with Crippen LogP contribution in [0, 0.1) is 5.82 Å². The zero-order chi connectivity index (χ0) is 22.4. The van der Waals surface area contributed by atoms with E-state index in [0.29, 0.717) is 29.6 Å². The molecule has 9 heteroatoms. The van der Waals surface area contributed by atoms with E-state index in [2.05, 4.69) is 10.3 Å². The van der Waals surface area contributed by atoms with E-state index in [4.69, 9.17) is 4.74 Å². The highest BCUT2D eigenvalue weighted by molar-refractivity contribution is 8.15. The molecule has 0 aliphatic carbocycles. The number of amides is 2. The number of ether oxygens (including phenoxy) is 1. The Hall–Kier alpha value is -3.20. The van der Waals surface area contributed by atoms with Crippen molar-refractivity contribution < 1.29 is 23.5 Å². The van der Waals surface area contributed by atoms with Crippen molar-refractivity contribution >= 4 is 46.1 Å². The molecule has 0 aromatic heterocycles. The van der Waals surface area contributed by atoms with Gasteiger partial charge in [-0.3, -0.25) is 14.5 Å². The van der Waals surface area contributed by atoms with Gasteiger partial charge < -0.3 is 10.1 Å². The van der Waals surface area contributed by atoms with Gasteiger partial charge in [0, 0.05) is 13.0 Å². The largest absolute Gasteiger partial charge is 0.462 e. The molecule has 1 unspecified atom stereocenters. The van der Waals surface area contributed by atoms with E-state index in [1.807, 2.05) is 6.92 Å². The fourth-order valence-corrected chi connectivity index (χ4v) is 4.17. The molecule has 0 saturated carbocycles. The van der Waals surface area contributed by atoms with Gasteiger partial charge in [-0.1, -0.05) is 23.9 Å². The number of hydrogen-bond acceptors (Lipinski definition) is 6. The monoisotopic (exact) mass is 443 g/mol. The highest BCUT2D eigenvalue weighted by Gasteiger charge is 2.38. The Morgan fingerprint density at radius 1 is 1.16 bits per heavy atom. The van der Waals surface area contributed by atoms with Crippen molar-refractivity contribution in [3.05, 3.63) is 59.9 Å². The SMILES string of the molecule is CCOC(=O)c1ccc(N=C2SC(CC(=O)Nc3ccccc3F)C(=O)N2CC)cc1. The highest BCUT2D eigenvalue weighted by Crippen LogP contribution is 2.32. The third kappa shape index (κ3) is 5.49. The summed E-state index contributed by atoms with van der Waals surface area (Å²) in [6.07, 6.45) is -0.102. The fraction of sp³-hybridized carbons (Fsp3) is 0.273. The maximum Gasteiger partial charge on any atom is 0.338 e. The van der Waals surface area contributed by atoms with Crippen LogP contribution >= 0.6 is 11.8 Å². The predicted molar refractivity (Wildman–Crippen MR) is 118 cm³/mol. The second kappa shape index (κ2) is 10.2. The summed E-state index contributed by atoms with van der Waals surface area (Å²) in [5.74, 6) is -1.63. The number of esters is 1. The first-order valence-electron chi connectivity index (χ1n) is 9.81. The van der Waals surface area contributed by atoms with E-state index in [1.54, 1.807) is 37.3 Å². The molecule has 0 bridgehead atoms. The van der Waals surface area contributed by atoms with Crippen LogP contribution in [-0.2, 0) is 14.3 Å². The second-order valence-electron chi connectivity index (χ2n) is 6.58. The van der Waals surface area contributed by atoms with Crippen molar-refractivity contribution in [2.75, 3.05) is 18.5 Å². The van der Waals surface area contributed by atoms with E-state index in [9.17, 15) is 18.8 Å². The molecule has 1 aliphatic heterocycles. The van der Waals surface area contributed by atoms with Crippen LogP contribution in [0.3, 0.4) is 0 Å². The lowest BCUT2D eigenvalue weighted by Crippen LogP contribution is -2.33. The Kier molecular flexibility index (Phi) is 7.41. The first kappa shape index (κ1) is 22.5. The summed E-state index contributed by atoms with van der Waals surface area (Å²) in [6.45, 7) is 4.24. The molecular formula is C22H22FN3O4S. The summed E-state index contributed by atoms with van der Waals surface area (Å²) in [6, 6.07) is 12.4. The first-order chi connectivity index (χ1) is 14.9. The third-order valence-corrected chi connectivity index (χ3v) is 5.63. The minimum Gasteiger partial charge on any atom is -0.462 e. The van der Waals surface area contributed by atoms with Crippen LogP contribution in [-0.4, -0.2) is 46.3 Å². The lowest BCUT2D eigenvalue weighted by atomic mass is 10.2. The van der Waals surface area contributed by atoms with Crippen LogP contribution in [0.25, 0.3) is 0 Å². The second-order valence-corrected chi connectivity index (χ2v) is 7.75. The van der Waals surface area contributed by atoms with E-state index in [0.717, 1.165) is 0 Å². The van der Waals surface area contributed by atoms with E-state index in [-0.39, 0.29) is 18.0 Å². The molecule has 162 valence electrons. The van der Waals surface area contributed by atoms with Gasteiger partial charge in [-0.15, -0.1) is 0 Å². The number of carbonyl (C=O) groups is 3. The summed E-state index contributed by atoms with van der Waals surface area (Å²) in [5, 5.41) is 2.32.